The largest absolute Gasteiger partial charge is 0.497 e. The minimum Gasteiger partial charge on any atom is -0.497 e. The van der Waals surface area contributed by atoms with Crippen molar-refractivity contribution >= 4 is 17.3 Å². The molecule has 7 nitrogen and oxygen atoms in total. The molecule has 2 rings (SSSR count). The van der Waals surface area contributed by atoms with Gasteiger partial charge in [0.2, 0.25) is 5.91 Å². The highest BCUT2D eigenvalue weighted by atomic mass is 19.1. The minimum atomic E-state index is -0.684. The number of aromatic nitrogens is 2. The quantitative estimate of drug-likeness (QED) is 0.511. The van der Waals surface area contributed by atoms with Gasteiger partial charge in [-0.15, -0.1) is 0 Å². The summed E-state index contributed by atoms with van der Waals surface area (Å²) in [7, 11) is 4.47. The van der Waals surface area contributed by atoms with Gasteiger partial charge in [0.15, 0.2) is 11.5 Å². The van der Waals surface area contributed by atoms with Crippen LogP contribution < -0.4 is 14.8 Å². The Hall–Kier alpha value is -3.68. The first-order valence-electron chi connectivity index (χ1n) is 8.50. The molecule has 1 aromatic carbocycles. The van der Waals surface area contributed by atoms with Crippen LogP contribution in [0, 0.1) is 0 Å². The van der Waals surface area contributed by atoms with Crippen molar-refractivity contribution in [2.45, 2.75) is 6.42 Å². The fourth-order valence-corrected chi connectivity index (χ4v) is 2.50. The third kappa shape index (κ3) is 5.90. The van der Waals surface area contributed by atoms with E-state index in [4.69, 9.17) is 14.2 Å². The van der Waals surface area contributed by atoms with Gasteiger partial charge < -0.3 is 19.5 Å². The van der Waals surface area contributed by atoms with Crippen molar-refractivity contribution in [3.05, 3.63) is 72.7 Å². The number of carbonyl (C=O) groups is 1. The lowest BCUT2D eigenvalue weighted by molar-refractivity contribution is -0.115. The van der Waals surface area contributed by atoms with Crippen molar-refractivity contribution in [2.24, 2.45) is 0 Å². The molecule has 8 heteroatoms. The van der Waals surface area contributed by atoms with Crippen LogP contribution in [0.15, 0.2) is 61.4 Å². The Labute approximate surface area is 168 Å². The first-order chi connectivity index (χ1) is 13.9. The highest BCUT2D eigenvalue weighted by molar-refractivity contribution is 5.92. The zero-order valence-corrected chi connectivity index (χ0v) is 16.5. The van der Waals surface area contributed by atoms with Crippen LogP contribution >= 0.6 is 0 Å². The van der Waals surface area contributed by atoms with Gasteiger partial charge in [-0.25, -0.2) is 14.4 Å². The van der Waals surface area contributed by atoms with Crippen molar-refractivity contribution in [1.29, 1.82) is 0 Å². The Morgan fingerprint density at radius 1 is 1.14 bits per heavy atom. The molecule has 0 aliphatic rings. The normalized spacial score (nSPS) is 10.8. The average molecular weight is 399 g/mol. The number of ether oxygens (including phenoxy) is 3. The van der Waals surface area contributed by atoms with Crippen LogP contribution in [0.3, 0.4) is 0 Å². The third-order valence-corrected chi connectivity index (χ3v) is 3.87. The van der Waals surface area contributed by atoms with Gasteiger partial charge in [-0.2, -0.15) is 0 Å². The van der Waals surface area contributed by atoms with Gasteiger partial charge in [-0.1, -0.05) is 19.2 Å². The molecule has 152 valence electrons. The monoisotopic (exact) mass is 399 g/mol. The van der Waals surface area contributed by atoms with Crippen LogP contribution in [0.2, 0.25) is 0 Å². The predicted molar refractivity (Wildman–Crippen MR) is 108 cm³/mol. The summed E-state index contributed by atoms with van der Waals surface area (Å²) in [6.45, 7) is 6.92. The van der Waals surface area contributed by atoms with Crippen LogP contribution in [0.5, 0.6) is 11.5 Å². The van der Waals surface area contributed by atoms with Crippen molar-refractivity contribution in [3.8, 4) is 11.5 Å². The van der Waals surface area contributed by atoms with E-state index in [1.165, 1.54) is 33.7 Å². The number of amides is 1. The Morgan fingerprint density at radius 3 is 2.48 bits per heavy atom. The minimum absolute atomic E-state index is 0.0917. The lowest BCUT2D eigenvalue weighted by Crippen LogP contribution is -2.16. The Kier molecular flexibility index (Phi) is 7.47. The van der Waals surface area contributed by atoms with Crippen molar-refractivity contribution in [1.82, 2.24) is 9.97 Å². The van der Waals surface area contributed by atoms with E-state index in [0.717, 1.165) is 11.6 Å². The van der Waals surface area contributed by atoms with Gasteiger partial charge in [-0.05, 0) is 23.8 Å². The lowest BCUT2D eigenvalue weighted by Gasteiger charge is -2.11. The van der Waals surface area contributed by atoms with Gasteiger partial charge in [0, 0.05) is 11.6 Å². The van der Waals surface area contributed by atoms with Crippen LogP contribution in [0.25, 0.3) is 5.57 Å². The number of anilines is 1. The fraction of sp³-hybridized carbons (Fsp3) is 0.190. The molecule has 0 radical (unpaired) electrons. The summed E-state index contributed by atoms with van der Waals surface area (Å²) in [4.78, 5) is 20.5. The van der Waals surface area contributed by atoms with Gasteiger partial charge in [0.25, 0.3) is 0 Å². The van der Waals surface area contributed by atoms with Crippen molar-refractivity contribution in [2.75, 3.05) is 26.6 Å². The predicted octanol–water partition coefficient (Wildman–Crippen LogP) is 3.70. The first-order valence-corrected chi connectivity index (χ1v) is 8.50. The molecule has 2 aromatic rings. The zero-order valence-electron chi connectivity index (χ0n) is 16.5. The van der Waals surface area contributed by atoms with E-state index in [-0.39, 0.29) is 29.5 Å². The molecule has 1 amide bonds. The topological polar surface area (TPSA) is 82.6 Å². The highest BCUT2D eigenvalue weighted by Crippen LogP contribution is 2.28. The Bertz CT molecular complexity index is 957. The van der Waals surface area contributed by atoms with E-state index in [1.54, 1.807) is 18.2 Å². The lowest BCUT2D eigenvalue weighted by atomic mass is 10.1. The standard InChI is InChI=1S/C21H22FN3O4/c1-13(22)8-16(14(2)27-3)17-11-20(24-12-23-17)25-21(26)10-15-6-7-18(28-4)19(9-15)29-5/h6-9,11-12H,1-2,10H2,3-5H3,(H,23,24,25,26)/b16-8+. The molecule has 0 aliphatic carbocycles. The second-order valence-electron chi connectivity index (χ2n) is 5.83. The maximum absolute atomic E-state index is 13.3. The molecule has 0 unspecified atom stereocenters. The number of carbonyl (C=O) groups excluding carboxylic acids is 1. The number of halogens is 1. The summed E-state index contributed by atoms with van der Waals surface area (Å²) in [5.74, 6) is 0.569. The second-order valence-corrected chi connectivity index (χ2v) is 5.83. The molecule has 1 aromatic heterocycles. The van der Waals surface area contributed by atoms with Gasteiger partial charge in [0.1, 0.15) is 23.7 Å². The molecule has 0 bridgehead atoms. The first kappa shape index (κ1) is 21.6. The van der Waals surface area contributed by atoms with Gasteiger partial charge in [0.05, 0.1) is 33.4 Å². The third-order valence-electron chi connectivity index (χ3n) is 3.87. The number of methoxy groups -OCH3 is 3. The Morgan fingerprint density at radius 2 is 1.86 bits per heavy atom. The maximum atomic E-state index is 13.3. The number of hydrogen-bond donors (Lipinski definition) is 1. The number of rotatable bonds is 9. The number of nitrogens with one attached hydrogen (secondary N) is 1. The summed E-state index contributed by atoms with van der Waals surface area (Å²) >= 11 is 0. The Balaban J connectivity index is 2.18. The summed E-state index contributed by atoms with van der Waals surface area (Å²) in [6, 6.07) is 6.70. The smallest absolute Gasteiger partial charge is 0.229 e. The number of allylic oxidation sites excluding steroid dienone is 3. The number of benzene rings is 1. The van der Waals surface area contributed by atoms with Crippen LogP contribution in [-0.4, -0.2) is 37.2 Å². The molecule has 0 fully saturated rings. The summed E-state index contributed by atoms with van der Waals surface area (Å²) in [5, 5.41) is 2.69. The SMILES string of the molecule is C=C(F)/C=C(\C(=C)OC)c1cc(NC(=O)Cc2ccc(OC)c(OC)c2)ncn1. The van der Waals surface area contributed by atoms with E-state index >= 15 is 0 Å². The highest BCUT2D eigenvalue weighted by Gasteiger charge is 2.13. The van der Waals surface area contributed by atoms with E-state index in [1.807, 2.05) is 0 Å². The molecule has 0 aliphatic heterocycles. The molecule has 0 spiro atoms. The summed E-state index contributed by atoms with van der Waals surface area (Å²) in [6.07, 6.45) is 2.48. The van der Waals surface area contributed by atoms with E-state index in [0.29, 0.717) is 17.2 Å². The van der Waals surface area contributed by atoms with E-state index < -0.39 is 5.83 Å². The van der Waals surface area contributed by atoms with Crippen LogP contribution in [0.4, 0.5) is 10.2 Å². The summed E-state index contributed by atoms with van der Waals surface area (Å²) in [5.41, 5.74) is 1.35. The average Bonchev–Trinajstić information content (AvgIpc) is 2.71. The maximum Gasteiger partial charge on any atom is 0.229 e. The molecule has 0 atom stereocenters. The molecule has 1 heterocycles. The second kappa shape index (κ2) is 10.0. The van der Waals surface area contributed by atoms with Crippen molar-refractivity contribution in [3.63, 3.8) is 0 Å². The summed E-state index contributed by atoms with van der Waals surface area (Å²) < 4.78 is 28.8. The van der Waals surface area contributed by atoms with Crippen molar-refractivity contribution < 1.29 is 23.4 Å². The number of hydrogen-bond acceptors (Lipinski definition) is 6. The molecular weight excluding hydrogens is 377 g/mol. The molecule has 0 saturated carbocycles. The molecule has 0 saturated heterocycles. The van der Waals surface area contributed by atoms with E-state index in [2.05, 4.69) is 28.4 Å². The molecule has 1 N–H and O–H groups in total. The van der Waals surface area contributed by atoms with Gasteiger partial charge in [-0.3, -0.25) is 4.79 Å². The van der Waals surface area contributed by atoms with Crippen LogP contribution in [0.1, 0.15) is 11.3 Å². The van der Waals surface area contributed by atoms with Gasteiger partial charge >= 0.3 is 0 Å². The molecule has 29 heavy (non-hydrogen) atoms. The fourth-order valence-electron chi connectivity index (χ4n) is 2.50. The van der Waals surface area contributed by atoms with Crippen LogP contribution in [-0.2, 0) is 16.0 Å². The van der Waals surface area contributed by atoms with E-state index in [9.17, 15) is 9.18 Å². The zero-order chi connectivity index (χ0) is 21.4. The molecular formula is C21H22FN3O4. The number of nitrogens with zero attached hydrogens (tertiary/aromatic N) is 2.